The van der Waals surface area contributed by atoms with E-state index in [1.165, 1.54) is 5.56 Å². The first-order valence-electron chi connectivity index (χ1n) is 7.01. The molecular weight excluding hydrogens is 246 g/mol. The van der Waals surface area contributed by atoms with Gasteiger partial charge in [-0.2, -0.15) is 0 Å². The van der Waals surface area contributed by atoms with Crippen LogP contribution in [0.5, 0.6) is 0 Å². The number of Topliss-reactive ketones (excluding diaryl/α,β-unsaturated/α-hetero) is 1. The molecule has 2 aliphatic rings. The van der Waals surface area contributed by atoms with Gasteiger partial charge in [-0.3, -0.25) is 9.78 Å². The third-order valence-electron chi connectivity index (χ3n) is 4.72. The molecule has 0 unspecified atom stereocenters. The molecule has 2 bridgehead atoms. The van der Waals surface area contributed by atoms with Crippen LogP contribution >= 0.6 is 0 Å². The molecule has 1 aromatic carbocycles. The summed E-state index contributed by atoms with van der Waals surface area (Å²) in [4.78, 5) is 16.9. The van der Waals surface area contributed by atoms with Gasteiger partial charge in [-0.05, 0) is 23.6 Å². The third-order valence-corrected chi connectivity index (χ3v) is 4.72. The van der Waals surface area contributed by atoms with E-state index in [-0.39, 0.29) is 17.3 Å². The zero-order valence-corrected chi connectivity index (χ0v) is 11.1. The minimum Gasteiger partial charge on any atom is -0.299 e. The highest BCUT2D eigenvalue weighted by Gasteiger charge is 2.58. The summed E-state index contributed by atoms with van der Waals surface area (Å²) in [7, 11) is 0. The average Bonchev–Trinajstić information content (AvgIpc) is 3.01. The lowest BCUT2D eigenvalue weighted by atomic mass is 9.68. The van der Waals surface area contributed by atoms with Crippen molar-refractivity contribution in [1.82, 2.24) is 4.98 Å². The van der Waals surface area contributed by atoms with Crippen molar-refractivity contribution >= 4 is 5.78 Å². The molecule has 2 aromatic rings. The van der Waals surface area contributed by atoms with Crippen molar-refractivity contribution in [3.63, 3.8) is 0 Å². The number of aromatic nitrogens is 1. The molecule has 2 aliphatic carbocycles. The van der Waals surface area contributed by atoms with Crippen molar-refractivity contribution in [2.75, 3.05) is 0 Å². The Hall–Kier alpha value is -2.22. The number of benzene rings is 1. The normalized spacial score (nSPS) is 30.9. The minimum atomic E-state index is -0.292. The van der Waals surface area contributed by atoms with E-state index in [0.717, 1.165) is 5.69 Å². The predicted molar refractivity (Wildman–Crippen MR) is 77.2 cm³/mol. The Morgan fingerprint density at radius 2 is 1.80 bits per heavy atom. The summed E-state index contributed by atoms with van der Waals surface area (Å²) in [6, 6.07) is 16.3. The fourth-order valence-electron chi connectivity index (χ4n) is 3.93. The molecule has 0 saturated heterocycles. The topological polar surface area (TPSA) is 30.0 Å². The molecule has 3 atom stereocenters. The molecule has 2 nitrogen and oxygen atoms in total. The number of pyridine rings is 1. The van der Waals surface area contributed by atoms with E-state index < -0.39 is 0 Å². The van der Waals surface area contributed by atoms with E-state index in [2.05, 4.69) is 35.3 Å². The highest BCUT2D eigenvalue weighted by atomic mass is 16.1. The summed E-state index contributed by atoms with van der Waals surface area (Å²) in [6.07, 6.45) is 6.74. The predicted octanol–water partition coefficient (Wildman–Crippen LogP) is 3.14. The molecule has 98 valence electrons. The molecule has 1 saturated carbocycles. The van der Waals surface area contributed by atoms with Crippen LogP contribution in [0, 0.1) is 11.8 Å². The second kappa shape index (κ2) is 4.14. The van der Waals surface area contributed by atoms with E-state index in [0.29, 0.717) is 12.2 Å². The summed E-state index contributed by atoms with van der Waals surface area (Å²) < 4.78 is 0. The quantitative estimate of drug-likeness (QED) is 0.777. The number of fused-ring (bicyclic) bond motifs is 2. The molecule has 1 heterocycles. The third kappa shape index (κ3) is 1.34. The Morgan fingerprint density at radius 1 is 1.00 bits per heavy atom. The van der Waals surface area contributed by atoms with Crippen LogP contribution < -0.4 is 0 Å². The summed E-state index contributed by atoms with van der Waals surface area (Å²) in [5.41, 5.74) is 1.92. The van der Waals surface area contributed by atoms with Gasteiger partial charge in [0.05, 0.1) is 17.0 Å². The van der Waals surface area contributed by atoms with Crippen LogP contribution in [0.4, 0.5) is 0 Å². The number of carbonyl (C=O) groups is 1. The summed E-state index contributed by atoms with van der Waals surface area (Å²) >= 11 is 0. The minimum absolute atomic E-state index is 0.0650. The lowest BCUT2D eigenvalue weighted by molar-refractivity contribution is -0.120. The van der Waals surface area contributed by atoms with Crippen molar-refractivity contribution in [1.29, 1.82) is 0 Å². The van der Waals surface area contributed by atoms with E-state index in [1.807, 2.05) is 36.5 Å². The number of nitrogens with zero attached hydrogens (tertiary/aromatic N) is 1. The van der Waals surface area contributed by atoms with E-state index in [9.17, 15) is 4.79 Å². The van der Waals surface area contributed by atoms with Crippen LogP contribution in [0.2, 0.25) is 0 Å². The largest absolute Gasteiger partial charge is 0.299 e. The van der Waals surface area contributed by atoms with Gasteiger partial charge in [-0.25, -0.2) is 0 Å². The Morgan fingerprint density at radius 3 is 2.40 bits per heavy atom. The van der Waals surface area contributed by atoms with E-state index in [4.69, 9.17) is 0 Å². The zero-order valence-electron chi connectivity index (χ0n) is 11.1. The Bertz CT molecular complexity index is 636. The Kier molecular flexibility index (Phi) is 2.40. The molecule has 1 aromatic heterocycles. The van der Waals surface area contributed by atoms with Gasteiger partial charge in [0.2, 0.25) is 0 Å². The monoisotopic (exact) mass is 261 g/mol. The molecule has 0 radical (unpaired) electrons. The summed E-state index contributed by atoms with van der Waals surface area (Å²) in [5.74, 6) is 0.508. The van der Waals surface area contributed by atoms with Crippen LogP contribution in [0.15, 0.2) is 66.9 Å². The first-order valence-corrected chi connectivity index (χ1v) is 7.01. The number of carbonyl (C=O) groups excluding carboxylic acids is 1. The van der Waals surface area contributed by atoms with E-state index >= 15 is 0 Å². The summed E-state index contributed by atoms with van der Waals surface area (Å²) in [5, 5.41) is 0. The Balaban J connectivity index is 1.99. The number of ketones is 1. The first kappa shape index (κ1) is 11.6. The maximum absolute atomic E-state index is 12.3. The van der Waals surface area contributed by atoms with Gasteiger partial charge >= 0.3 is 0 Å². The standard InChI is InChI=1S/C18H15NO/c20-16-12-14-9-10-15(16)18(14,13-6-2-1-3-7-13)17-8-4-5-11-19-17/h1-11,14-15H,12H2/t14-,15+,18+/m1/s1. The van der Waals surface area contributed by atoms with Gasteiger partial charge in [0.1, 0.15) is 5.78 Å². The first-order chi connectivity index (χ1) is 9.83. The second-order valence-electron chi connectivity index (χ2n) is 5.59. The lowest BCUT2D eigenvalue weighted by Gasteiger charge is -2.34. The van der Waals surface area contributed by atoms with Gasteiger partial charge in [-0.1, -0.05) is 48.6 Å². The van der Waals surface area contributed by atoms with Crippen molar-refractivity contribution < 1.29 is 4.79 Å². The maximum atomic E-state index is 12.3. The van der Waals surface area contributed by atoms with Crippen LogP contribution in [-0.4, -0.2) is 10.8 Å². The number of hydrogen-bond acceptors (Lipinski definition) is 2. The molecule has 1 fully saturated rings. The van der Waals surface area contributed by atoms with Crippen LogP contribution in [0.1, 0.15) is 17.7 Å². The Labute approximate surface area is 118 Å². The van der Waals surface area contributed by atoms with Crippen LogP contribution in [0.25, 0.3) is 0 Å². The smallest absolute Gasteiger partial charge is 0.141 e. The highest BCUT2D eigenvalue weighted by Crippen LogP contribution is 2.56. The molecular formula is C18H15NO. The van der Waals surface area contributed by atoms with Crippen molar-refractivity contribution in [3.8, 4) is 0 Å². The van der Waals surface area contributed by atoms with Gasteiger partial charge in [0.15, 0.2) is 0 Å². The van der Waals surface area contributed by atoms with Gasteiger partial charge in [0, 0.05) is 12.6 Å². The van der Waals surface area contributed by atoms with Crippen molar-refractivity contribution in [2.24, 2.45) is 11.8 Å². The second-order valence-corrected chi connectivity index (χ2v) is 5.59. The van der Waals surface area contributed by atoms with Gasteiger partial charge in [-0.15, -0.1) is 0 Å². The van der Waals surface area contributed by atoms with Gasteiger partial charge < -0.3 is 0 Å². The fraction of sp³-hybridized carbons (Fsp3) is 0.222. The fourth-order valence-corrected chi connectivity index (χ4v) is 3.93. The molecule has 0 spiro atoms. The molecule has 0 aliphatic heterocycles. The molecule has 4 rings (SSSR count). The molecule has 20 heavy (non-hydrogen) atoms. The summed E-state index contributed by atoms with van der Waals surface area (Å²) in [6.45, 7) is 0. The van der Waals surface area contributed by atoms with Crippen LogP contribution in [-0.2, 0) is 10.2 Å². The number of hydrogen-bond donors (Lipinski definition) is 0. The van der Waals surface area contributed by atoms with Crippen LogP contribution in [0.3, 0.4) is 0 Å². The molecule has 0 N–H and O–H groups in total. The maximum Gasteiger partial charge on any atom is 0.141 e. The molecule has 2 heteroatoms. The SMILES string of the molecule is O=C1C[C@H]2C=C[C@@H]1[C@@]2(c1ccccc1)c1ccccn1. The van der Waals surface area contributed by atoms with E-state index in [1.54, 1.807) is 0 Å². The highest BCUT2D eigenvalue weighted by molar-refractivity contribution is 5.91. The van der Waals surface area contributed by atoms with Gasteiger partial charge in [0.25, 0.3) is 0 Å². The van der Waals surface area contributed by atoms with Crippen molar-refractivity contribution in [3.05, 3.63) is 78.1 Å². The zero-order chi connectivity index (χ0) is 13.6. The number of allylic oxidation sites excluding steroid dienone is 2. The molecule has 0 amide bonds. The average molecular weight is 261 g/mol. The lowest BCUT2D eigenvalue weighted by Crippen LogP contribution is -2.35. The van der Waals surface area contributed by atoms with Crippen molar-refractivity contribution in [2.45, 2.75) is 11.8 Å². The number of rotatable bonds is 2.